The minimum Gasteiger partial charge on any atom is -0.323 e. The first-order valence-electron chi connectivity index (χ1n) is 5.89. The van der Waals surface area contributed by atoms with Crippen molar-refractivity contribution >= 4 is 17.3 Å². The fourth-order valence-electron chi connectivity index (χ4n) is 1.81. The predicted molar refractivity (Wildman–Crippen MR) is 76.0 cm³/mol. The molecular weight excluding hydrogens is 240 g/mol. The number of benzene rings is 1. The maximum absolute atomic E-state index is 12.5. The summed E-state index contributed by atoms with van der Waals surface area (Å²) >= 11 is 0. The topological polar surface area (TPSA) is 71.2 Å². The molecule has 5 nitrogen and oxygen atoms in total. The summed E-state index contributed by atoms with van der Waals surface area (Å²) in [5, 5.41) is 0. The third-order valence-corrected chi connectivity index (χ3v) is 2.90. The molecule has 2 aromatic rings. The van der Waals surface area contributed by atoms with Crippen molar-refractivity contribution < 1.29 is 4.79 Å². The monoisotopic (exact) mass is 256 g/mol. The number of carbonyl (C=O) groups excluding carboxylic acids is 1. The number of pyridine rings is 1. The van der Waals surface area contributed by atoms with Crippen molar-refractivity contribution in [3.63, 3.8) is 0 Å². The molecule has 0 saturated carbocycles. The molecule has 0 unspecified atom stereocenters. The normalized spacial score (nSPS) is 10.1. The second-order valence-electron chi connectivity index (χ2n) is 4.27. The lowest BCUT2D eigenvalue weighted by Gasteiger charge is -2.19. The van der Waals surface area contributed by atoms with Crippen LogP contribution in [-0.2, 0) is 0 Å². The third-order valence-electron chi connectivity index (χ3n) is 2.90. The third kappa shape index (κ3) is 2.71. The van der Waals surface area contributed by atoms with Crippen LogP contribution in [0, 0.1) is 6.92 Å². The second-order valence-corrected chi connectivity index (χ2v) is 4.27. The molecule has 0 aliphatic heterocycles. The number of nitrogens with two attached hydrogens (primary N) is 1. The number of nitrogens with zero attached hydrogens (tertiary/aromatic N) is 2. The Morgan fingerprint density at radius 1 is 1.37 bits per heavy atom. The number of anilines is 2. The molecule has 5 heteroatoms. The van der Waals surface area contributed by atoms with Crippen LogP contribution in [0.2, 0.25) is 0 Å². The number of nitrogens with one attached hydrogen (secondary N) is 1. The van der Waals surface area contributed by atoms with Crippen LogP contribution in [-0.4, -0.2) is 17.9 Å². The first kappa shape index (κ1) is 13.0. The molecule has 1 heterocycles. The minimum absolute atomic E-state index is 0.135. The van der Waals surface area contributed by atoms with Gasteiger partial charge in [0.15, 0.2) is 0 Å². The van der Waals surface area contributed by atoms with Crippen LogP contribution in [0.1, 0.15) is 15.9 Å². The minimum atomic E-state index is -0.135. The Kier molecular flexibility index (Phi) is 3.77. The van der Waals surface area contributed by atoms with E-state index >= 15 is 0 Å². The van der Waals surface area contributed by atoms with Gasteiger partial charge in [-0.3, -0.25) is 15.6 Å². The van der Waals surface area contributed by atoms with Crippen LogP contribution in [0.15, 0.2) is 42.7 Å². The van der Waals surface area contributed by atoms with E-state index in [2.05, 4.69) is 10.4 Å². The van der Waals surface area contributed by atoms with Gasteiger partial charge in [-0.15, -0.1) is 0 Å². The highest BCUT2D eigenvalue weighted by Gasteiger charge is 2.17. The zero-order chi connectivity index (χ0) is 13.8. The molecule has 0 atom stereocenters. The number of hydrogen-bond donors (Lipinski definition) is 2. The highest BCUT2D eigenvalue weighted by molar-refractivity contribution is 6.09. The lowest BCUT2D eigenvalue weighted by Crippen LogP contribution is -2.27. The number of aromatic nitrogens is 1. The van der Waals surface area contributed by atoms with Crippen molar-refractivity contribution in [2.45, 2.75) is 6.92 Å². The van der Waals surface area contributed by atoms with Gasteiger partial charge in [0, 0.05) is 13.2 Å². The highest BCUT2D eigenvalue weighted by Crippen LogP contribution is 2.20. The van der Waals surface area contributed by atoms with Crippen LogP contribution in [0.25, 0.3) is 0 Å². The molecule has 19 heavy (non-hydrogen) atoms. The lowest BCUT2D eigenvalue weighted by atomic mass is 10.1. The Morgan fingerprint density at radius 3 is 2.79 bits per heavy atom. The predicted octanol–water partition coefficient (Wildman–Crippen LogP) is 1.95. The van der Waals surface area contributed by atoms with E-state index in [1.165, 1.54) is 0 Å². The molecule has 98 valence electrons. The van der Waals surface area contributed by atoms with E-state index in [-0.39, 0.29) is 5.91 Å². The maximum Gasteiger partial charge on any atom is 0.260 e. The van der Waals surface area contributed by atoms with Gasteiger partial charge < -0.3 is 10.3 Å². The molecule has 0 aliphatic rings. The number of aryl methyl sites for hydroxylation is 1. The van der Waals surface area contributed by atoms with E-state index in [0.717, 1.165) is 11.3 Å². The van der Waals surface area contributed by atoms with Gasteiger partial charge in [-0.25, -0.2) is 0 Å². The Labute approximate surface area is 112 Å². The molecule has 1 amide bonds. The van der Waals surface area contributed by atoms with Gasteiger partial charge in [-0.05, 0) is 31.2 Å². The van der Waals surface area contributed by atoms with Crippen LogP contribution in [0.3, 0.4) is 0 Å². The van der Waals surface area contributed by atoms with Gasteiger partial charge >= 0.3 is 0 Å². The average molecular weight is 256 g/mol. The van der Waals surface area contributed by atoms with Crippen molar-refractivity contribution in [1.29, 1.82) is 0 Å². The molecule has 3 N–H and O–H groups in total. The summed E-state index contributed by atoms with van der Waals surface area (Å²) in [5.41, 5.74) is 5.42. The van der Waals surface area contributed by atoms with Crippen LogP contribution in [0.4, 0.5) is 11.4 Å². The van der Waals surface area contributed by atoms with Gasteiger partial charge in [0.1, 0.15) is 0 Å². The van der Waals surface area contributed by atoms with Gasteiger partial charge in [0.25, 0.3) is 5.91 Å². The van der Waals surface area contributed by atoms with Gasteiger partial charge in [-0.1, -0.05) is 11.6 Å². The molecule has 0 radical (unpaired) electrons. The molecule has 0 fully saturated rings. The number of hydrazine groups is 1. The maximum atomic E-state index is 12.5. The molecular formula is C14H16N4O. The van der Waals surface area contributed by atoms with E-state index in [1.807, 2.05) is 25.1 Å². The average Bonchev–Trinajstić information content (AvgIpc) is 2.46. The molecule has 0 spiro atoms. The molecule has 0 saturated heterocycles. The fourth-order valence-corrected chi connectivity index (χ4v) is 1.81. The van der Waals surface area contributed by atoms with Gasteiger partial charge in [0.05, 0.1) is 23.1 Å². The van der Waals surface area contributed by atoms with E-state index in [4.69, 9.17) is 5.84 Å². The van der Waals surface area contributed by atoms with Gasteiger partial charge in [-0.2, -0.15) is 0 Å². The Balaban J connectivity index is 2.37. The SMILES string of the molecule is Cc1ccc(NN)c(C(=O)N(C)c2cccnc2)c1. The van der Waals surface area contributed by atoms with Crippen molar-refractivity contribution in [3.05, 3.63) is 53.9 Å². The van der Waals surface area contributed by atoms with Crippen molar-refractivity contribution in [1.82, 2.24) is 4.98 Å². The van der Waals surface area contributed by atoms with E-state index in [9.17, 15) is 4.79 Å². The largest absolute Gasteiger partial charge is 0.323 e. The molecule has 1 aromatic carbocycles. The van der Waals surface area contributed by atoms with Crippen molar-refractivity contribution in [2.75, 3.05) is 17.4 Å². The summed E-state index contributed by atoms with van der Waals surface area (Å²) in [4.78, 5) is 18.0. The number of amides is 1. The summed E-state index contributed by atoms with van der Waals surface area (Å²) in [6, 6.07) is 9.12. The molecule has 0 aliphatic carbocycles. The molecule has 1 aromatic heterocycles. The number of rotatable bonds is 3. The Bertz CT molecular complexity index is 583. The van der Waals surface area contributed by atoms with E-state index < -0.39 is 0 Å². The fraction of sp³-hybridized carbons (Fsp3) is 0.143. The summed E-state index contributed by atoms with van der Waals surface area (Å²) < 4.78 is 0. The summed E-state index contributed by atoms with van der Waals surface area (Å²) in [7, 11) is 1.71. The number of hydrogen-bond acceptors (Lipinski definition) is 4. The van der Waals surface area contributed by atoms with Crippen LogP contribution in [0.5, 0.6) is 0 Å². The first-order valence-corrected chi connectivity index (χ1v) is 5.89. The standard InChI is InChI=1S/C14H16N4O/c1-10-5-6-13(17-15)12(8-10)14(19)18(2)11-4-3-7-16-9-11/h3-9,17H,15H2,1-2H3. The van der Waals surface area contributed by atoms with Crippen LogP contribution >= 0.6 is 0 Å². The lowest BCUT2D eigenvalue weighted by molar-refractivity contribution is 0.0993. The first-order chi connectivity index (χ1) is 9.13. The van der Waals surface area contributed by atoms with E-state index in [0.29, 0.717) is 11.3 Å². The number of carbonyl (C=O) groups is 1. The summed E-state index contributed by atoms with van der Waals surface area (Å²) in [5.74, 6) is 5.31. The smallest absolute Gasteiger partial charge is 0.260 e. The van der Waals surface area contributed by atoms with Crippen molar-refractivity contribution in [2.24, 2.45) is 5.84 Å². The number of nitrogen functional groups attached to an aromatic ring is 1. The molecule has 0 bridgehead atoms. The van der Waals surface area contributed by atoms with E-state index in [1.54, 1.807) is 36.5 Å². The summed E-state index contributed by atoms with van der Waals surface area (Å²) in [6.07, 6.45) is 3.31. The highest BCUT2D eigenvalue weighted by atomic mass is 16.2. The zero-order valence-electron chi connectivity index (χ0n) is 10.9. The Morgan fingerprint density at radius 2 is 2.16 bits per heavy atom. The van der Waals surface area contributed by atoms with Crippen molar-refractivity contribution in [3.8, 4) is 0 Å². The summed E-state index contributed by atoms with van der Waals surface area (Å²) in [6.45, 7) is 1.93. The quantitative estimate of drug-likeness (QED) is 0.650. The second kappa shape index (κ2) is 5.49. The molecule has 2 rings (SSSR count). The zero-order valence-corrected chi connectivity index (χ0v) is 10.9. The van der Waals surface area contributed by atoms with Crippen LogP contribution < -0.4 is 16.2 Å². The Hall–Kier alpha value is -2.40. The van der Waals surface area contributed by atoms with Gasteiger partial charge in [0.2, 0.25) is 0 Å².